The van der Waals surface area contributed by atoms with Gasteiger partial charge in [-0.3, -0.25) is 0 Å². The van der Waals surface area contributed by atoms with E-state index >= 15 is 0 Å². The van der Waals surface area contributed by atoms with Crippen molar-refractivity contribution >= 4 is 0 Å². The minimum atomic E-state index is 0.764. The lowest BCUT2D eigenvalue weighted by Crippen LogP contribution is -2.39. The third-order valence-electron chi connectivity index (χ3n) is 3.89. The zero-order valence-corrected chi connectivity index (χ0v) is 13.3. The van der Waals surface area contributed by atoms with Gasteiger partial charge in [-0.15, -0.1) is 0 Å². The van der Waals surface area contributed by atoms with Gasteiger partial charge in [-0.2, -0.15) is 0 Å². The van der Waals surface area contributed by atoms with E-state index in [1.165, 1.54) is 45.3 Å². The fourth-order valence-electron chi connectivity index (χ4n) is 2.53. The summed E-state index contributed by atoms with van der Waals surface area (Å²) in [4.78, 5) is 2.56. The third-order valence-corrected chi connectivity index (χ3v) is 3.89. The first-order valence-electron chi connectivity index (χ1n) is 8.23. The first-order valence-corrected chi connectivity index (χ1v) is 8.23. The lowest BCUT2D eigenvalue weighted by molar-refractivity contribution is 0.0867. The zero-order chi connectivity index (χ0) is 13.9. The van der Waals surface area contributed by atoms with Crippen LogP contribution in [-0.4, -0.2) is 50.8 Å². The average Bonchev–Trinajstić information content (AvgIpc) is 2.40. The van der Waals surface area contributed by atoms with Gasteiger partial charge in [-0.25, -0.2) is 0 Å². The average molecular weight is 270 g/mol. The van der Waals surface area contributed by atoms with E-state index in [9.17, 15) is 0 Å². The van der Waals surface area contributed by atoms with Gasteiger partial charge in [0, 0.05) is 13.2 Å². The summed E-state index contributed by atoms with van der Waals surface area (Å²) < 4.78 is 5.64. The summed E-state index contributed by atoms with van der Waals surface area (Å²) in [5.74, 6) is 1.65. The topological polar surface area (TPSA) is 24.5 Å². The lowest BCUT2D eigenvalue weighted by atomic mass is 9.96. The second-order valence-electron chi connectivity index (χ2n) is 6.30. The normalized spacial score (nSPS) is 18.3. The maximum atomic E-state index is 5.64. The van der Waals surface area contributed by atoms with Crippen LogP contribution in [0.4, 0.5) is 0 Å². The van der Waals surface area contributed by atoms with Crippen molar-refractivity contribution in [2.24, 2.45) is 11.8 Å². The first-order chi connectivity index (χ1) is 9.22. The van der Waals surface area contributed by atoms with Crippen molar-refractivity contribution < 1.29 is 4.74 Å². The highest BCUT2D eigenvalue weighted by Gasteiger charge is 2.18. The van der Waals surface area contributed by atoms with E-state index in [0.717, 1.165) is 38.1 Å². The van der Waals surface area contributed by atoms with Gasteiger partial charge in [0.1, 0.15) is 0 Å². The fraction of sp³-hybridized carbons (Fsp3) is 1.00. The minimum Gasteiger partial charge on any atom is -0.380 e. The molecular weight excluding hydrogens is 236 g/mol. The Morgan fingerprint density at radius 3 is 2.58 bits per heavy atom. The monoisotopic (exact) mass is 270 g/mol. The Balaban J connectivity index is 1.96. The summed E-state index contributed by atoms with van der Waals surface area (Å²) in [6.45, 7) is 14.6. The molecule has 3 heteroatoms. The summed E-state index contributed by atoms with van der Waals surface area (Å²) in [7, 11) is 0. The highest BCUT2D eigenvalue weighted by Crippen LogP contribution is 2.16. The molecule has 114 valence electrons. The Bertz CT molecular complexity index is 201. The number of rotatable bonds is 10. The molecule has 0 atom stereocenters. The number of likely N-dealkylation sites (tertiary alicyclic amines) is 1. The van der Waals surface area contributed by atoms with Gasteiger partial charge in [0.25, 0.3) is 0 Å². The molecule has 1 rings (SSSR count). The number of hydrogen-bond acceptors (Lipinski definition) is 3. The molecule has 1 heterocycles. The van der Waals surface area contributed by atoms with E-state index in [-0.39, 0.29) is 0 Å². The molecule has 3 nitrogen and oxygen atoms in total. The van der Waals surface area contributed by atoms with Gasteiger partial charge in [-0.05, 0) is 57.3 Å². The summed E-state index contributed by atoms with van der Waals surface area (Å²) in [6, 6.07) is 0. The van der Waals surface area contributed by atoms with Crippen LogP contribution in [0.25, 0.3) is 0 Å². The second kappa shape index (κ2) is 10.6. The molecule has 0 spiro atoms. The van der Waals surface area contributed by atoms with Crippen molar-refractivity contribution in [1.82, 2.24) is 10.2 Å². The van der Waals surface area contributed by atoms with E-state index in [1.54, 1.807) is 0 Å². The maximum Gasteiger partial charge on any atom is 0.0593 e. The number of nitrogens with one attached hydrogen (secondary N) is 1. The van der Waals surface area contributed by atoms with Gasteiger partial charge in [0.15, 0.2) is 0 Å². The Morgan fingerprint density at radius 2 is 1.95 bits per heavy atom. The zero-order valence-electron chi connectivity index (χ0n) is 13.3. The molecule has 1 N–H and O–H groups in total. The van der Waals surface area contributed by atoms with Gasteiger partial charge >= 0.3 is 0 Å². The fourth-order valence-corrected chi connectivity index (χ4v) is 2.53. The van der Waals surface area contributed by atoms with Crippen LogP contribution in [-0.2, 0) is 4.74 Å². The molecule has 1 aliphatic rings. The molecular formula is C16H34N2O. The predicted molar refractivity (Wildman–Crippen MR) is 82.6 cm³/mol. The van der Waals surface area contributed by atoms with Crippen LogP contribution in [0.3, 0.4) is 0 Å². The minimum absolute atomic E-state index is 0.764. The number of nitrogens with zero attached hydrogens (tertiary/aromatic N) is 1. The Kier molecular flexibility index (Phi) is 9.48. The molecule has 19 heavy (non-hydrogen) atoms. The third kappa shape index (κ3) is 8.61. The standard InChI is InChI=1S/C16H34N2O/c1-4-5-11-19-12-10-18-8-6-16(7-9-18)14-17-13-15(2)3/h15-17H,4-14H2,1-3H3. The van der Waals surface area contributed by atoms with Crippen LogP contribution in [0.2, 0.25) is 0 Å². The van der Waals surface area contributed by atoms with E-state index in [0.29, 0.717) is 0 Å². The first kappa shape index (κ1) is 16.9. The summed E-state index contributed by atoms with van der Waals surface area (Å²) >= 11 is 0. The number of ether oxygens (including phenoxy) is 1. The van der Waals surface area contributed by atoms with Crippen molar-refractivity contribution in [2.75, 3.05) is 45.9 Å². The number of hydrogen-bond donors (Lipinski definition) is 1. The van der Waals surface area contributed by atoms with Crippen LogP contribution < -0.4 is 5.32 Å². The Labute approximate surface area is 120 Å². The van der Waals surface area contributed by atoms with Crippen LogP contribution in [0.5, 0.6) is 0 Å². The van der Waals surface area contributed by atoms with Gasteiger partial charge in [0.05, 0.1) is 6.61 Å². The van der Waals surface area contributed by atoms with Crippen molar-refractivity contribution in [3.8, 4) is 0 Å². The number of piperidine rings is 1. The Morgan fingerprint density at radius 1 is 1.21 bits per heavy atom. The summed E-state index contributed by atoms with van der Waals surface area (Å²) in [5.41, 5.74) is 0. The molecule has 0 aromatic rings. The summed E-state index contributed by atoms with van der Waals surface area (Å²) in [6.07, 6.45) is 5.12. The van der Waals surface area contributed by atoms with Crippen molar-refractivity contribution in [1.29, 1.82) is 0 Å². The predicted octanol–water partition coefficient (Wildman–Crippen LogP) is 2.76. The molecule has 0 aliphatic carbocycles. The molecule has 0 radical (unpaired) electrons. The molecule has 0 saturated carbocycles. The van der Waals surface area contributed by atoms with Crippen LogP contribution in [0.1, 0.15) is 46.5 Å². The summed E-state index contributed by atoms with van der Waals surface area (Å²) in [5, 5.41) is 3.59. The van der Waals surface area contributed by atoms with Crippen molar-refractivity contribution in [3.05, 3.63) is 0 Å². The van der Waals surface area contributed by atoms with E-state index < -0.39 is 0 Å². The van der Waals surface area contributed by atoms with Crippen molar-refractivity contribution in [2.45, 2.75) is 46.5 Å². The molecule has 0 aromatic heterocycles. The highest BCUT2D eigenvalue weighted by atomic mass is 16.5. The molecule has 0 aromatic carbocycles. The molecule has 1 saturated heterocycles. The van der Waals surface area contributed by atoms with Gasteiger partial charge in [-0.1, -0.05) is 27.2 Å². The smallest absolute Gasteiger partial charge is 0.0593 e. The van der Waals surface area contributed by atoms with Crippen molar-refractivity contribution in [3.63, 3.8) is 0 Å². The SMILES string of the molecule is CCCCOCCN1CCC(CNCC(C)C)CC1. The van der Waals surface area contributed by atoms with E-state index in [4.69, 9.17) is 4.74 Å². The van der Waals surface area contributed by atoms with Gasteiger partial charge in [0.2, 0.25) is 0 Å². The quantitative estimate of drug-likeness (QED) is 0.618. The second-order valence-corrected chi connectivity index (χ2v) is 6.30. The lowest BCUT2D eigenvalue weighted by Gasteiger charge is -2.32. The van der Waals surface area contributed by atoms with Crippen LogP contribution in [0, 0.1) is 11.8 Å². The largest absolute Gasteiger partial charge is 0.380 e. The highest BCUT2D eigenvalue weighted by molar-refractivity contribution is 4.73. The van der Waals surface area contributed by atoms with E-state index in [1.807, 2.05) is 0 Å². The number of unbranched alkanes of at least 4 members (excludes halogenated alkanes) is 1. The van der Waals surface area contributed by atoms with Gasteiger partial charge < -0.3 is 15.0 Å². The molecule has 0 unspecified atom stereocenters. The molecule has 1 aliphatic heterocycles. The van der Waals surface area contributed by atoms with E-state index in [2.05, 4.69) is 31.0 Å². The molecule has 1 fully saturated rings. The van der Waals surface area contributed by atoms with Crippen LogP contribution >= 0.6 is 0 Å². The maximum absolute atomic E-state index is 5.64. The van der Waals surface area contributed by atoms with Crippen LogP contribution in [0.15, 0.2) is 0 Å². The molecule has 0 bridgehead atoms. The molecule has 0 amide bonds. The Hall–Kier alpha value is -0.120.